The van der Waals surface area contributed by atoms with Crippen LogP contribution in [0.3, 0.4) is 0 Å². The lowest BCUT2D eigenvalue weighted by Gasteiger charge is -2.27. The van der Waals surface area contributed by atoms with Crippen LogP contribution < -0.4 is 16.2 Å². The van der Waals surface area contributed by atoms with Crippen molar-refractivity contribution < 1.29 is 0 Å². The molecule has 4 aromatic rings. The fraction of sp³-hybridized carbons (Fsp3) is 0.333. The molecule has 2 N–H and O–H groups in total. The van der Waals surface area contributed by atoms with Crippen LogP contribution in [0.4, 0.5) is 11.6 Å². The van der Waals surface area contributed by atoms with E-state index in [0.29, 0.717) is 38.0 Å². The third kappa shape index (κ3) is 3.52. The van der Waals surface area contributed by atoms with Gasteiger partial charge in [0.2, 0.25) is 5.95 Å². The average Bonchev–Trinajstić information content (AvgIpc) is 3.60. The maximum Gasteiger partial charge on any atom is 0.282 e. The summed E-state index contributed by atoms with van der Waals surface area (Å²) in [6.45, 7) is 1.93. The van der Waals surface area contributed by atoms with Crippen molar-refractivity contribution in [3.8, 4) is 5.69 Å². The van der Waals surface area contributed by atoms with Crippen LogP contribution in [-0.4, -0.2) is 26.3 Å². The van der Waals surface area contributed by atoms with Crippen molar-refractivity contribution in [3.05, 3.63) is 79.8 Å². The Hall–Kier alpha value is -3.00. The molecule has 2 aliphatic carbocycles. The van der Waals surface area contributed by atoms with Crippen molar-refractivity contribution in [2.24, 2.45) is 0 Å². The highest BCUT2D eigenvalue weighted by Gasteiger charge is 2.46. The van der Waals surface area contributed by atoms with Gasteiger partial charge in [-0.1, -0.05) is 41.8 Å². The van der Waals surface area contributed by atoms with E-state index in [0.717, 1.165) is 43.7 Å². The molecule has 7 nitrogen and oxygen atoms in total. The molecule has 7 rings (SSSR count). The van der Waals surface area contributed by atoms with Crippen molar-refractivity contribution in [2.45, 2.75) is 50.0 Å². The summed E-state index contributed by atoms with van der Waals surface area (Å²) in [5, 5.41) is 12.8. The third-order valence-corrected chi connectivity index (χ3v) is 8.48. The van der Waals surface area contributed by atoms with E-state index in [9.17, 15) is 4.79 Å². The number of halogens is 2. The second-order valence-electron chi connectivity index (χ2n) is 10.1. The lowest BCUT2D eigenvalue weighted by molar-refractivity contribution is 0.407. The molecule has 0 bridgehead atoms. The second-order valence-corrected chi connectivity index (χ2v) is 11.0. The van der Waals surface area contributed by atoms with Gasteiger partial charge in [-0.05, 0) is 61.1 Å². The van der Waals surface area contributed by atoms with Crippen LogP contribution in [0.25, 0.3) is 16.6 Å². The van der Waals surface area contributed by atoms with Crippen molar-refractivity contribution in [2.75, 3.05) is 11.9 Å². The summed E-state index contributed by atoms with van der Waals surface area (Å²) in [4.78, 5) is 22.8. The molecular formula is C27H24Cl2N6O. The van der Waals surface area contributed by atoms with Gasteiger partial charge in [0.05, 0.1) is 21.1 Å². The Morgan fingerprint density at radius 2 is 1.92 bits per heavy atom. The van der Waals surface area contributed by atoms with E-state index in [2.05, 4.69) is 33.8 Å². The van der Waals surface area contributed by atoms with Crippen LogP contribution >= 0.6 is 23.2 Å². The minimum atomic E-state index is -0.343. The van der Waals surface area contributed by atoms with Gasteiger partial charge in [-0.25, -0.2) is 9.97 Å². The Morgan fingerprint density at radius 1 is 1.11 bits per heavy atom. The minimum Gasteiger partial charge on any atom is -0.324 e. The number of aromatic nitrogens is 4. The van der Waals surface area contributed by atoms with Gasteiger partial charge in [0.1, 0.15) is 11.2 Å². The molecule has 2 aromatic carbocycles. The smallest absolute Gasteiger partial charge is 0.282 e. The van der Waals surface area contributed by atoms with E-state index in [1.165, 1.54) is 28.7 Å². The van der Waals surface area contributed by atoms with E-state index in [-0.39, 0.29) is 11.5 Å². The molecule has 2 saturated carbocycles. The fourth-order valence-corrected chi connectivity index (χ4v) is 6.06. The number of benzene rings is 2. The third-order valence-electron chi connectivity index (χ3n) is 7.87. The Bertz CT molecular complexity index is 1570. The van der Waals surface area contributed by atoms with Gasteiger partial charge < -0.3 is 10.6 Å². The lowest BCUT2D eigenvalue weighted by Crippen LogP contribution is -2.33. The van der Waals surface area contributed by atoms with Crippen LogP contribution in [-0.2, 0) is 12.0 Å². The summed E-state index contributed by atoms with van der Waals surface area (Å²) in [7, 11) is 0. The molecule has 2 aromatic heterocycles. The van der Waals surface area contributed by atoms with Gasteiger partial charge >= 0.3 is 0 Å². The number of hydrogen-bond acceptors (Lipinski definition) is 6. The summed E-state index contributed by atoms with van der Waals surface area (Å²) in [5.41, 5.74) is 5.44. The number of fused-ring (bicyclic) bond motifs is 3. The van der Waals surface area contributed by atoms with Crippen LogP contribution in [0.2, 0.25) is 10.0 Å². The number of nitrogens with one attached hydrogen (secondary N) is 2. The number of nitrogens with zero attached hydrogens (tertiary/aromatic N) is 4. The van der Waals surface area contributed by atoms with Gasteiger partial charge in [0.25, 0.3) is 5.56 Å². The fourth-order valence-electron chi connectivity index (χ4n) is 5.50. The van der Waals surface area contributed by atoms with Crippen molar-refractivity contribution in [1.29, 1.82) is 0 Å². The number of hydrogen-bond donors (Lipinski definition) is 2. The van der Waals surface area contributed by atoms with Crippen LogP contribution in [0.1, 0.15) is 54.8 Å². The zero-order chi connectivity index (χ0) is 24.4. The quantitative estimate of drug-likeness (QED) is 0.364. The lowest BCUT2D eigenvalue weighted by atomic mass is 9.82. The minimum absolute atomic E-state index is 0.230. The summed E-state index contributed by atoms with van der Waals surface area (Å²) in [6.07, 6.45) is 7.21. The second kappa shape index (κ2) is 8.26. The normalized spacial score (nSPS) is 18.2. The molecule has 3 heterocycles. The van der Waals surface area contributed by atoms with Crippen molar-refractivity contribution in [3.63, 3.8) is 0 Å². The first kappa shape index (κ1) is 22.2. The van der Waals surface area contributed by atoms with Gasteiger partial charge in [-0.15, -0.1) is 0 Å². The average molecular weight is 519 g/mol. The molecule has 2 fully saturated rings. The Morgan fingerprint density at radius 3 is 2.64 bits per heavy atom. The summed E-state index contributed by atoms with van der Waals surface area (Å²) >= 11 is 12.8. The standard InChI is InChI=1S/C27H24Cl2N6O/c28-20-5-2-6-21(29)24(20)35-25(36)18-13-31-26(33-23(18)22(34-35)15-3-1-4-15)32-17-7-8-19-16(11-17)12-30-14-27(19)9-10-27/h2,5-8,11,13,15,30H,1,3-4,9-10,12,14H2,(H,31,32,33). The first-order chi connectivity index (χ1) is 17.5. The monoisotopic (exact) mass is 518 g/mol. The molecule has 0 radical (unpaired) electrons. The SMILES string of the molecule is O=c1c2cnc(Nc3ccc4c(c3)CNCC43CC3)nc2c(C2CCC2)nn1-c1c(Cl)cccc1Cl. The van der Waals surface area contributed by atoms with Crippen LogP contribution in [0.5, 0.6) is 0 Å². The number of para-hydroxylation sites is 1. The molecule has 0 unspecified atom stereocenters. The van der Waals surface area contributed by atoms with E-state index >= 15 is 0 Å². The van der Waals surface area contributed by atoms with Gasteiger partial charge in [0.15, 0.2) is 0 Å². The highest BCUT2D eigenvalue weighted by molar-refractivity contribution is 6.37. The Kier molecular flexibility index (Phi) is 5.10. The van der Waals surface area contributed by atoms with E-state index < -0.39 is 0 Å². The van der Waals surface area contributed by atoms with Gasteiger partial charge in [-0.2, -0.15) is 9.78 Å². The number of rotatable bonds is 4. The first-order valence-corrected chi connectivity index (χ1v) is 13.1. The summed E-state index contributed by atoms with van der Waals surface area (Å²) in [6, 6.07) is 11.7. The molecule has 36 heavy (non-hydrogen) atoms. The highest BCUT2D eigenvalue weighted by Crippen LogP contribution is 2.50. The number of anilines is 2. The van der Waals surface area contributed by atoms with Crippen molar-refractivity contribution >= 4 is 45.7 Å². The summed E-state index contributed by atoms with van der Waals surface area (Å²) in [5.74, 6) is 0.676. The molecule has 182 valence electrons. The predicted octanol–water partition coefficient (Wildman–Crippen LogP) is 5.63. The van der Waals surface area contributed by atoms with Gasteiger partial charge in [-0.3, -0.25) is 4.79 Å². The van der Waals surface area contributed by atoms with E-state index in [1.54, 1.807) is 24.4 Å². The first-order valence-electron chi connectivity index (χ1n) is 12.4. The molecule has 0 atom stereocenters. The molecule has 3 aliphatic rings. The largest absolute Gasteiger partial charge is 0.324 e. The molecule has 0 saturated heterocycles. The zero-order valence-corrected chi connectivity index (χ0v) is 21.0. The zero-order valence-electron chi connectivity index (χ0n) is 19.5. The molecular weight excluding hydrogens is 495 g/mol. The Balaban J connectivity index is 1.31. The predicted molar refractivity (Wildman–Crippen MR) is 142 cm³/mol. The van der Waals surface area contributed by atoms with Gasteiger partial charge in [0, 0.05) is 36.3 Å². The van der Waals surface area contributed by atoms with Crippen LogP contribution in [0.15, 0.2) is 47.4 Å². The molecule has 9 heteroatoms. The highest BCUT2D eigenvalue weighted by atomic mass is 35.5. The van der Waals surface area contributed by atoms with E-state index in [4.69, 9.17) is 33.3 Å². The maximum absolute atomic E-state index is 13.5. The maximum atomic E-state index is 13.5. The Labute approximate surface area is 217 Å². The van der Waals surface area contributed by atoms with E-state index in [1.807, 2.05) is 0 Å². The topological polar surface area (TPSA) is 84.7 Å². The van der Waals surface area contributed by atoms with Crippen LogP contribution in [0, 0.1) is 0 Å². The molecule has 1 spiro atoms. The molecule has 1 aliphatic heterocycles. The molecule has 0 amide bonds. The summed E-state index contributed by atoms with van der Waals surface area (Å²) < 4.78 is 1.31. The van der Waals surface area contributed by atoms with Crippen molar-refractivity contribution in [1.82, 2.24) is 25.1 Å².